The molecule has 1 N–H and O–H groups in total. The van der Waals surface area contributed by atoms with Gasteiger partial charge in [-0.2, -0.15) is 0 Å². The molecule has 15 heavy (non-hydrogen) atoms. The van der Waals surface area contributed by atoms with Gasteiger partial charge in [0.2, 0.25) is 0 Å². The highest BCUT2D eigenvalue weighted by atomic mass is 16.5. The van der Waals surface area contributed by atoms with Crippen LogP contribution >= 0.6 is 0 Å². The highest BCUT2D eigenvalue weighted by Gasteiger charge is 2.11. The Labute approximate surface area is 92.2 Å². The number of aryl methyl sites for hydroxylation is 2. The fraction of sp³-hybridized carbons (Fsp3) is 0.750. The van der Waals surface area contributed by atoms with Gasteiger partial charge in [0.1, 0.15) is 5.76 Å². The van der Waals surface area contributed by atoms with Crippen LogP contribution in [0.5, 0.6) is 0 Å². The van der Waals surface area contributed by atoms with E-state index >= 15 is 0 Å². The fourth-order valence-corrected chi connectivity index (χ4v) is 1.43. The minimum atomic E-state index is 0.395. The highest BCUT2D eigenvalue weighted by molar-refractivity contribution is 5.20. The van der Waals surface area contributed by atoms with Gasteiger partial charge in [-0.1, -0.05) is 25.9 Å². The van der Waals surface area contributed by atoms with E-state index in [4.69, 9.17) is 4.52 Å². The molecule has 1 aromatic heterocycles. The summed E-state index contributed by atoms with van der Waals surface area (Å²) < 4.78 is 5.10. The predicted octanol–water partition coefficient (Wildman–Crippen LogP) is 2.82. The second kappa shape index (κ2) is 4.79. The van der Waals surface area contributed by atoms with Crippen LogP contribution in [0.4, 0.5) is 0 Å². The SMILES string of the molecule is Cc1noc(C)c1CNCCC(C)(C)C. The first-order valence-electron chi connectivity index (χ1n) is 5.52. The van der Waals surface area contributed by atoms with Crippen molar-refractivity contribution in [2.45, 2.75) is 47.6 Å². The van der Waals surface area contributed by atoms with Crippen LogP contribution in [0, 0.1) is 19.3 Å². The van der Waals surface area contributed by atoms with Gasteiger partial charge in [0, 0.05) is 12.1 Å². The van der Waals surface area contributed by atoms with E-state index in [1.54, 1.807) is 0 Å². The highest BCUT2D eigenvalue weighted by Crippen LogP contribution is 2.17. The summed E-state index contributed by atoms with van der Waals surface area (Å²) >= 11 is 0. The molecule has 0 bridgehead atoms. The van der Waals surface area contributed by atoms with Crippen molar-refractivity contribution in [2.75, 3.05) is 6.54 Å². The smallest absolute Gasteiger partial charge is 0.138 e. The van der Waals surface area contributed by atoms with Crippen molar-refractivity contribution in [1.29, 1.82) is 0 Å². The number of nitrogens with zero attached hydrogens (tertiary/aromatic N) is 1. The Kier molecular flexibility index (Phi) is 3.91. The van der Waals surface area contributed by atoms with Crippen LogP contribution in [-0.2, 0) is 6.54 Å². The van der Waals surface area contributed by atoms with E-state index in [9.17, 15) is 0 Å². The Balaban J connectivity index is 2.32. The maximum Gasteiger partial charge on any atom is 0.138 e. The van der Waals surface area contributed by atoms with E-state index in [1.165, 1.54) is 12.0 Å². The summed E-state index contributed by atoms with van der Waals surface area (Å²) in [5, 5.41) is 7.35. The lowest BCUT2D eigenvalue weighted by atomic mass is 9.92. The summed E-state index contributed by atoms with van der Waals surface area (Å²) in [5.74, 6) is 0.927. The van der Waals surface area contributed by atoms with E-state index < -0.39 is 0 Å². The topological polar surface area (TPSA) is 38.1 Å². The number of nitrogens with one attached hydrogen (secondary N) is 1. The van der Waals surface area contributed by atoms with Crippen LogP contribution in [0.2, 0.25) is 0 Å². The summed E-state index contributed by atoms with van der Waals surface area (Å²) in [6.07, 6.45) is 1.18. The number of hydrogen-bond acceptors (Lipinski definition) is 3. The minimum Gasteiger partial charge on any atom is -0.361 e. The lowest BCUT2D eigenvalue weighted by Crippen LogP contribution is -2.20. The van der Waals surface area contributed by atoms with E-state index in [-0.39, 0.29) is 0 Å². The molecule has 0 saturated carbocycles. The van der Waals surface area contributed by atoms with E-state index in [1.807, 2.05) is 13.8 Å². The maximum absolute atomic E-state index is 5.10. The lowest BCUT2D eigenvalue weighted by Gasteiger charge is -2.17. The quantitative estimate of drug-likeness (QED) is 0.777. The molecule has 0 atom stereocenters. The molecular formula is C12H22N2O. The zero-order chi connectivity index (χ0) is 11.5. The van der Waals surface area contributed by atoms with Gasteiger partial charge in [0.05, 0.1) is 5.69 Å². The maximum atomic E-state index is 5.10. The van der Waals surface area contributed by atoms with Crippen LogP contribution in [0.1, 0.15) is 44.2 Å². The van der Waals surface area contributed by atoms with Crippen molar-refractivity contribution in [1.82, 2.24) is 10.5 Å². The van der Waals surface area contributed by atoms with Gasteiger partial charge in [0.25, 0.3) is 0 Å². The number of hydrogen-bond donors (Lipinski definition) is 1. The molecule has 86 valence electrons. The van der Waals surface area contributed by atoms with Crippen molar-refractivity contribution in [3.8, 4) is 0 Å². The van der Waals surface area contributed by atoms with Crippen LogP contribution in [-0.4, -0.2) is 11.7 Å². The Morgan fingerprint density at radius 2 is 1.93 bits per heavy atom. The normalized spacial score (nSPS) is 12.1. The average molecular weight is 210 g/mol. The van der Waals surface area contributed by atoms with Crippen LogP contribution in [0.15, 0.2) is 4.52 Å². The molecular weight excluding hydrogens is 188 g/mol. The van der Waals surface area contributed by atoms with Crippen molar-refractivity contribution < 1.29 is 4.52 Å². The molecule has 0 spiro atoms. The van der Waals surface area contributed by atoms with E-state index in [0.717, 1.165) is 24.5 Å². The van der Waals surface area contributed by atoms with E-state index in [2.05, 4.69) is 31.2 Å². The molecule has 0 aliphatic rings. The van der Waals surface area contributed by atoms with E-state index in [0.29, 0.717) is 5.41 Å². The summed E-state index contributed by atoms with van der Waals surface area (Å²) in [5.41, 5.74) is 2.59. The predicted molar refractivity (Wildman–Crippen MR) is 61.8 cm³/mol. The average Bonchev–Trinajstić information content (AvgIpc) is 2.40. The third kappa shape index (κ3) is 4.04. The first-order chi connectivity index (χ1) is 6.90. The van der Waals surface area contributed by atoms with Crippen LogP contribution < -0.4 is 5.32 Å². The molecule has 1 aromatic rings. The van der Waals surface area contributed by atoms with Crippen molar-refractivity contribution in [2.24, 2.45) is 5.41 Å². The fourth-order valence-electron chi connectivity index (χ4n) is 1.43. The Bertz CT molecular complexity index is 290. The molecule has 1 rings (SSSR count). The van der Waals surface area contributed by atoms with Crippen LogP contribution in [0.3, 0.4) is 0 Å². The molecule has 1 heterocycles. The molecule has 0 aromatic carbocycles. The molecule has 0 aliphatic carbocycles. The van der Waals surface area contributed by atoms with Gasteiger partial charge >= 0.3 is 0 Å². The largest absolute Gasteiger partial charge is 0.361 e. The minimum absolute atomic E-state index is 0.395. The molecule has 0 aliphatic heterocycles. The summed E-state index contributed by atoms with van der Waals surface area (Å²) in [7, 11) is 0. The molecule has 3 nitrogen and oxygen atoms in total. The molecule has 0 amide bonds. The zero-order valence-electron chi connectivity index (χ0n) is 10.5. The Morgan fingerprint density at radius 1 is 1.27 bits per heavy atom. The van der Waals surface area contributed by atoms with Gasteiger partial charge in [0.15, 0.2) is 0 Å². The monoisotopic (exact) mass is 210 g/mol. The third-order valence-electron chi connectivity index (χ3n) is 2.53. The Morgan fingerprint density at radius 3 is 2.40 bits per heavy atom. The first kappa shape index (κ1) is 12.2. The van der Waals surface area contributed by atoms with Crippen molar-refractivity contribution >= 4 is 0 Å². The van der Waals surface area contributed by atoms with Crippen LogP contribution in [0.25, 0.3) is 0 Å². The first-order valence-corrected chi connectivity index (χ1v) is 5.52. The zero-order valence-corrected chi connectivity index (χ0v) is 10.5. The molecule has 0 saturated heterocycles. The third-order valence-corrected chi connectivity index (χ3v) is 2.53. The molecule has 0 fully saturated rings. The number of rotatable bonds is 4. The van der Waals surface area contributed by atoms with Gasteiger partial charge in [-0.25, -0.2) is 0 Å². The summed E-state index contributed by atoms with van der Waals surface area (Å²) in [6, 6.07) is 0. The van der Waals surface area contributed by atoms with Crippen molar-refractivity contribution in [3.05, 3.63) is 17.0 Å². The Hall–Kier alpha value is -0.830. The summed E-state index contributed by atoms with van der Waals surface area (Å²) in [6.45, 7) is 12.6. The number of aromatic nitrogens is 1. The second-order valence-corrected chi connectivity index (χ2v) is 5.29. The van der Waals surface area contributed by atoms with Gasteiger partial charge in [-0.05, 0) is 32.2 Å². The standard InChI is InChI=1S/C12H22N2O/c1-9-11(10(2)15-14-9)8-13-7-6-12(3,4)5/h13H,6-8H2,1-5H3. The van der Waals surface area contributed by atoms with Crippen molar-refractivity contribution in [3.63, 3.8) is 0 Å². The summed E-state index contributed by atoms with van der Waals surface area (Å²) in [4.78, 5) is 0. The molecule has 0 radical (unpaired) electrons. The molecule has 0 unspecified atom stereocenters. The van der Waals surface area contributed by atoms with Gasteiger partial charge < -0.3 is 9.84 Å². The van der Waals surface area contributed by atoms with Gasteiger partial charge in [-0.3, -0.25) is 0 Å². The molecule has 3 heteroatoms. The lowest BCUT2D eigenvalue weighted by molar-refractivity contribution is 0.366. The van der Waals surface area contributed by atoms with Gasteiger partial charge in [-0.15, -0.1) is 0 Å². The second-order valence-electron chi connectivity index (χ2n) is 5.29.